The van der Waals surface area contributed by atoms with E-state index >= 15 is 0 Å². The van der Waals surface area contributed by atoms with E-state index < -0.39 is 0 Å². The number of thiophene rings is 2. The van der Waals surface area contributed by atoms with Gasteiger partial charge in [0, 0.05) is 0 Å². The first kappa shape index (κ1) is 11.8. The summed E-state index contributed by atoms with van der Waals surface area (Å²) >= 11 is 3.17. The summed E-state index contributed by atoms with van der Waals surface area (Å²) in [5.41, 5.74) is 0. The van der Waals surface area contributed by atoms with E-state index in [0.717, 1.165) is 19.7 Å². The van der Waals surface area contributed by atoms with Gasteiger partial charge in [-0.2, -0.15) is 0 Å². The fourth-order valence-corrected chi connectivity index (χ4v) is 2.65. The van der Waals surface area contributed by atoms with Crippen LogP contribution < -0.4 is 4.74 Å². The van der Waals surface area contributed by atoms with Crippen molar-refractivity contribution < 1.29 is 4.74 Å². The SMILES string of the molecule is CC#Cc1ccc(C#Cc2ccc(OC)s2)s1. The van der Waals surface area contributed by atoms with Crippen molar-refractivity contribution in [2.75, 3.05) is 7.11 Å². The van der Waals surface area contributed by atoms with E-state index in [1.807, 2.05) is 31.2 Å². The molecule has 0 saturated heterocycles. The van der Waals surface area contributed by atoms with E-state index in [4.69, 9.17) is 4.74 Å². The molecule has 0 atom stereocenters. The van der Waals surface area contributed by atoms with Gasteiger partial charge in [0.2, 0.25) is 0 Å². The average Bonchev–Trinajstić information content (AvgIpc) is 2.95. The van der Waals surface area contributed by atoms with Gasteiger partial charge in [0.1, 0.15) is 0 Å². The number of hydrogen-bond acceptors (Lipinski definition) is 3. The summed E-state index contributed by atoms with van der Waals surface area (Å²) < 4.78 is 5.12. The second-order valence-electron chi connectivity index (χ2n) is 3.11. The molecular weight excluding hydrogens is 248 g/mol. The predicted octanol–water partition coefficient (Wildman–Crippen LogP) is 3.59. The summed E-state index contributed by atoms with van der Waals surface area (Å²) in [5.74, 6) is 12.2. The summed E-state index contributed by atoms with van der Waals surface area (Å²) in [7, 11) is 1.66. The lowest BCUT2D eigenvalue weighted by Gasteiger charge is -1.87. The quantitative estimate of drug-likeness (QED) is 0.710. The molecule has 0 fully saturated rings. The highest BCUT2D eigenvalue weighted by atomic mass is 32.1. The average molecular weight is 258 g/mol. The molecule has 0 spiro atoms. The summed E-state index contributed by atoms with van der Waals surface area (Å²) in [4.78, 5) is 3.11. The van der Waals surface area contributed by atoms with Gasteiger partial charge >= 0.3 is 0 Å². The van der Waals surface area contributed by atoms with E-state index in [1.165, 1.54) is 0 Å². The van der Waals surface area contributed by atoms with E-state index in [-0.39, 0.29) is 0 Å². The van der Waals surface area contributed by atoms with Crippen LogP contribution in [0.2, 0.25) is 0 Å². The molecule has 1 nitrogen and oxygen atoms in total. The molecule has 0 saturated carbocycles. The standard InChI is InChI=1S/C14H10OS2/c1-3-4-11-5-6-12(16-11)7-8-13-9-10-14(15-2)17-13/h5-6,9-10H,1-2H3. The first-order valence-corrected chi connectivity index (χ1v) is 6.63. The molecule has 17 heavy (non-hydrogen) atoms. The molecule has 0 aliphatic heterocycles. The maximum absolute atomic E-state index is 5.12. The molecule has 2 aromatic rings. The second-order valence-corrected chi connectivity index (χ2v) is 5.24. The van der Waals surface area contributed by atoms with Crippen molar-refractivity contribution >= 4 is 22.7 Å². The fourth-order valence-electron chi connectivity index (χ4n) is 1.22. The molecule has 0 amide bonds. The Hall–Kier alpha value is -1.68. The number of ether oxygens (including phenoxy) is 1. The molecule has 0 unspecified atom stereocenters. The molecule has 84 valence electrons. The number of methoxy groups -OCH3 is 1. The Kier molecular flexibility index (Phi) is 3.88. The lowest BCUT2D eigenvalue weighted by Crippen LogP contribution is -1.73. The van der Waals surface area contributed by atoms with Crippen LogP contribution in [-0.2, 0) is 0 Å². The first-order valence-electron chi connectivity index (χ1n) is 5.00. The van der Waals surface area contributed by atoms with E-state index in [1.54, 1.807) is 29.8 Å². The fraction of sp³-hybridized carbons (Fsp3) is 0.143. The maximum atomic E-state index is 5.12. The van der Waals surface area contributed by atoms with Crippen molar-refractivity contribution in [3.8, 4) is 28.7 Å². The summed E-state index contributed by atoms with van der Waals surface area (Å²) in [6, 6.07) is 7.90. The minimum atomic E-state index is 0.887. The monoisotopic (exact) mass is 258 g/mol. The summed E-state index contributed by atoms with van der Waals surface area (Å²) in [6.45, 7) is 1.84. The van der Waals surface area contributed by atoms with E-state index in [9.17, 15) is 0 Å². The highest BCUT2D eigenvalue weighted by molar-refractivity contribution is 7.14. The van der Waals surface area contributed by atoms with Gasteiger partial charge in [-0.1, -0.05) is 17.3 Å². The lowest BCUT2D eigenvalue weighted by atomic mass is 10.4. The van der Waals surface area contributed by atoms with Gasteiger partial charge in [-0.15, -0.1) is 17.3 Å². The van der Waals surface area contributed by atoms with Gasteiger partial charge in [0.15, 0.2) is 5.06 Å². The second kappa shape index (κ2) is 5.59. The molecule has 0 aliphatic carbocycles. The van der Waals surface area contributed by atoms with Crippen LogP contribution in [-0.4, -0.2) is 7.11 Å². The molecule has 2 rings (SSSR count). The Morgan fingerprint density at radius 2 is 1.47 bits per heavy atom. The van der Waals surface area contributed by atoms with Crippen molar-refractivity contribution in [3.63, 3.8) is 0 Å². The minimum absolute atomic E-state index is 0.887. The number of hydrogen-bond donors (Lipinski definition) is 0. The molecular formula is C14H10OS2. The largest absolute Gasteiger partial charge is 0.487 e. The maximum Gasteiger partial charge on any atom is 0.174 e. The van der Waals surface area contributed by atoms with Crippen LogP contribution in [0.1, 0.15) is 21.6 Å². The van der Waals surface area contributed by atoms with Crippen LogP contribution in [0.5, 0.6) is 5.06 Å². The van der Waals surface area contributed by atoms with Gasteiger partial charge < -0.3 is 4.74 Å². The molecule has 0 aromatic carbocycles. The van der Waals surface area contributed by atoms with Crippen LogP contribution in [0.4, 0.5) is 0 Å². The van der Waals surface area contributed by atoms with E-state index in [2.05, 4.69) is 23.7 Å². The highest BCUT2D eigenvalue weighted by Gasteiger charge is 1.96. The normalized spacial score (nSPS) is 8.82. The van der Waals surface area contributed by atoms with Crippen LogP contribution in [0.25, 0.3) is 0 Å². The molecule has 0 aliphatic rings. The minimum Gasteiger partial charge on any atom is -0.487 e. The van der Waals surface area contributed by atoms with E-state index in [0.29, 0.717) is 0 Å². The Bertz CT molecular complexity index is 626. The van der Waals surface area contributed by atoms with Crippen molar-refractivity contribution in [1.29, 1.82) is 0 Å². The highest BCUT2D eigenvalue weighted by Crippen LogP contribution is 2.23. The summed E-state index contributed by atoms with van der Waals surface area (Å²) in [6.07, 6.45) is 0. The Labute approximate surface area is 109 Å². The molecule has 0 bridgehead atoms. The van der Waals surface area contributed by atoms with Crippen LogP contribution in [0.3, 0.4) is 0 Å². The Balaban J connectivity index is 2.16. The molecule has 2 heterocycles. The predicted molar refractivity (Wildman–Crippen MR) is 73.7 cm³/mol. The van der Waals surface area contributed by atoms with Gasteiger partial charge in [-0.3, -0.25) is 0 Å². The molecule has 0 radical (unpaired) electrons. The first-order chi connectivity index (χ1) is 8.31. The topological polar surface area (TPSA) is 9.23 Å². The van der Waals surface area contributed by atoms with Crippen LogP contribution in [0, 0.1) is 23.7 Å². The molecule has 3 heteroatoms. The van der Waals surface area contributed by atoms with Crippen LogP contribution in [0.15, 0.2) is 24.3 Å². The van der Waals surface area contributed by atoms with Crippen molar-refractivity contribution in [2.45, 2.75) is 6.92 Å². The third kappa shape index (κ3) is 3.14. The lowest BCUT2D eigenvalue weighted by molar-refractivity contribution is 0.427. The third-order valence-electron chi connectivity index (χ3n) is 1.95. The van der Waals surface area contributed by atoms with Crippen molar-refractivity contribution in [3.05, 3.63) is 38.9 Å². The van der Waals surface area contributed by atoms with Gasteiger partial charge in [0.05, 0.1) is 21.7 Å². The number of rotatable bonds is 1. The van der Waals surface area contributed by atoms with Gasteiger partial charge in [0.25, 0.3) is 0 Å². The van der Waals surface area contributed by atoms with Gasteiger partial charge in [-0.05, 0) is 43.0 Å². The summed E-state index contributed by atoms with van der Waals surface area (Å²) in [5, 5.41) is 0.887. The zero-order valence-corrected chi connectivity index (χ0v) is 11.2. The zero-order chi connectivity index (χ0) is 12.1. The molecule has 2 aromatic heterocycles. The zero-order valence-electron chi connectivity index (χ0n) is 9.53. The van der Waals surface area contributed by atoms with Crippen molar-refractivity contribution in [1.82, 2.24) is 0 Å². The van der Waals surface area contributed by atoms with Crippen LogP contribution >= 0.6 is 22.7 Å². The smallest absolute Gasteiger partial charge is 0.174 e. The Morgan fingerprint density at radius 1 is 0.882 bits per heavy atom. The van der Waals surface area contributed by atoms with Crippen molar-refractivity contribution in [2.24, 2.45) is 0 Å². The third-order valence-corrected chi connectivity index (χ3v) is 3.82. The Morgan fingerprint density at radius 3 is 2.06 bits per heavy atom. The molecule has 0 N–H and O–H groups in total. The van der Waals surface area contributed by atoms with Gasteiger partial charge in [-0.25, -0.2) is 0 Å².